The molecule has 1 amide bonds. The van der Waals surface area contributed by atoms with Gasteiger partial charge in [0.15, 0.2) is 6.61 Å². The third kappa shape index (κ3) is 5.85. The number of esters is 1. The van der Waals surface area contributed by atoms with Crippen molar-refractivity contribution in [1.29, 1.82) is 0 Å². The molecule has 35 heavy (non-hydrogen) atoms. The van der Waals surface area contributed by atoms with Gasteiger partial charge in [0.05, 0.1) is 10.5 Å². The molecule has 9 heteroatoms. The SMILES string of the molecule is Cc1cc(N2CCCC2)ccc1NC(=O)COC(=O)c1ccc(C)c(S(=O)(=O)N2CCCCC2)c1. The van der Waals surface area contributed by atoms with Crippen LogP contribution in [0.2, 0.25) is 0 Å². The maximum atomic E-state index is 13.1. The van der Waals surface area contributed by atoms with Gasteiger partial charge in [0.1, 0.15) is 0 Å². The fourth-order valence-electron chi connectivity index (χ4n) is 4.61. The summed E-state index contributed by atoms with van der Waals surface area (Å²) in [5.74, 6) is -1.19. The average molecular weight is 500 g/mol. The number of hydrogen-bond acceptors (Lipinski definition) is 6. The lowest BCUT2D eigenvalue weighted by atomic mass is 10.1. The molecule has 2 fully saturated rings. The normalized spacial score (nSPS) is 16.8. The highest BCUT2D eigenvalue weighted by Gasteiger charge is 2.28. The van der Waals surface area contributed by atoms with Crippen LogP contribution in [0.3, 0.4) is 0 Å². The first kappa shape index (κ1) is 25.2. The molecule has 0 atom stereocenters. The highest BCUT2D eigenvalue weighted by Crippen LogP contribution is 2.26. The van der Waals surface area contributed by atoms with Gasteiger partial charge < -0.3 is 15.0 Å². The molecule has 2 aromatic rings. The van der Waals surface area contributed by atoms with Crippen molar-refractivity contribution in [2.75, 3.05) is 43.0 Å². The number of nitrogens with zero attached hydrogens (tertiary/aromatic N) is 2. The third-order valence-electron chi connectivity index (χ3n) is 6.65. The summed E-state index contributed by atoms with van der Waals surface area (Å²) in [5.41, 5.74) is 3.40. The van der Waals surface area contributed by atoms with Crippen molar-refractivity contribution in [3.63, 3.8) is 0 Å². The van der Waals surface area contributed by atoms with Crippen molar-refractivity contribution < 1.29 is 22.7 Å². The van der Waals surface area contributed by atoms with Gasteiger partial charge in [-0.05, 0) is 81.0 Å². The van der Waals surface area contributed by atoms with E-state index in [1.807, 2.05) is 25.1 Å². The fraction of sp³-hybridized carbons (Fsp3) is 0.462. The molecular weight excluding hydrogens is 466 g/mol. The second-order valence-corrected chi connectivity index (χ2v) is 11.2. The summed E-state index contributed by atoms with van der Waals surface area (Å²) < 4.78 is 32.9. The summed E-state index contributed by atoms with van der Waals surface area (Å²) in [4.78, 5) is 27.5. The quantitative estimate of drug-likeness (QED) is 0.581. The Balaban J connectivity index is 1.38. The molecule has 1 N–H and O–H groups in total. The van der Waals surface area contributed by atoms with Gasteiger partial charge in [0.25, 0.3) is 5.91 Å². The molecule has 2 aliphatic rings. The molecule has 0 aromatic heterocycles. The number of benzene rings is 2. The van der Waals surface area contributed by atoms with Gasteiger partial charge >= 0.3 is 5.97 Å². The number of ether oxygens (including phenoxy) is 1. The van der Waals surface area contributed by atoms with E-state index in [4.69, 9.17) is 4.74 Å². The number of rotatable bonds is 7. The number of aryl methyl sites for hydroxylation is 2. The van der Waals surface area contributed by atoms with Gasteiger partial charge in [-0.15, -0.1) is 0 Å². The minimum Gasteiger partial charge on any atom is -0.452 e. The number of amides is 1. The van der Waals surface area contributed by atoms with Crippen LogP contribution >= 0.6 is 0 Å². The van der Waals surface area contributed by atoms with Crippen LogP contribution < -0.4 is 10.2 Å². The molecule has 2 aliphatic heterocycles. The topological polar surface area (TPSA) is 96.0 Å². The van der Waals surface area contributed by atoms with Crippen LogP contribution in [0.1, 0.15) is 53.6 Å². The number of anilines is 2. The second kappa shape index (κ2) is 10.8. The maximum Gasteiger partial charge on any atom is 0.338 e. The van der Waals surface area contributed by atoms with Crippen LogP contribution in [0.4, 0.5) is 11.4 Å². The summed E-state index contributed by atoms with van der Waals surface area (Å²) in [6.45, 7) is 6.22. The Morgan fingerprint density at radius 2 is 1.57 bits per heavy atom. The molecule has 0 aliphatic carbocycles. The van der Waals surface area contributed by atoms with Crippen molar-refractivity contribution in [2.24, 2.45) is 0 Å². The number of carbonyl (C=O) groups excluding carboxylic acids is 2. The lowest BCUT2D eigenvalue weighted by molar-refractivity contribution is -0.119. The van der Waals surface area contributed by atoms with E-state index in [0.29, 0.717) is 24.3 Å². The van der Waals surface area contributed by atoms with Crippen LogP contribution in [0.15, 0.2) is 41.3 Å². The smallest absolute Gasteiger partial charge is 0.338 e. The number of nitrogens with one attached hydrogen (secondary N) is 1. The molecule has 8 nitrogen and oxygen atoms in total. The first-order valence-electron chi connectivity index (χ1n) is 12.2. The predicted molar refractivity (Wildman–Crippen MR) is 135 cm³/mol. The van der Waals surface area contributed by atoms with E-state index in [9.17, 15) is 18.0 Å². The summed E-state index contributed by atoms with van der Waals surface area (Å²) in [6.07, 6.45) is 5.05. The van der Waals surface area contributed by atoms with Gasteiger partial charge in [0, 0.05) is 37.6 Å². The van der Waals surface area contributed by atoms with Crippen LogP contribution in [0, 0.1) is 13.8 Å². The zero-order valence-corrected chi connectivity index (χ0v) is 21.2. The number of hydrogen-bond donors (Lipinski definition) is 1. The Bertz CT molecular complexity index is 1200. The Labute approximate surface area is 207 Å². The van der Waals surface area contributed by atoms with Crippen molar-refractivity contribution in [3.05, 3.63) is 53.1 Å². The molecule has 0 radical (unpaired) electrons. The van der Waals surface area contributed by atoms with Crippen molar-refractivity contribution >= 4 is 33.3 Å². The predicted octanol–water partition coefficient (Wildman–Crippen LogP) is 3.87. The fourth-order valence-corrected chi connectivity index (χ4v) is 6.38. The first-order chi connectivity index (χ1) is 16.8. The molecule has 4 rings (SSSR count). The minimum absolute atomic E-state index is 0.102. The highest BCUT2D eigenvalue weighted by molar-refractivity contribution is 7.89. The van der Waals surface area contributed by atoms with Crippen LogP contribution in [0.5, 0.6) is 0 Å². The monoisotopic (exact) mass is 499 g/mol. The summed E-state index contributed by atoms with van der Waals surface area (Å²) in [6, 6.07) is 10.4. The van der Waals surface area contributed by atoms with Gasteiger partial charge in [-0.25, -0.2) is 13.2 Å². The molecule has 0 bridgehead atoms. The number of carbonyl (C=O) groups is 2. The van der Waals surface area contributed by atoms with E-state index < -0.39 is 28.5 Å². The average Bonchev–Trinajstić information content (AvgIpc) is 3.39. The first-order valence-corrected chi connectivity index (χ1v) is 13.6. The zero-order chi connectivity index (χ0) is 25.0. The van der Waals surface area contributed by atoms with Crippen LogP contribution in [-0.2, 0) is 19.6 Å². The molecular formula is C26H33N3O5S. The molecule has 188 valence electrons. The Hall–Kier alpha value is -2.91. The summed E-state index contributed by atoms with van der Waals surface area (Å²) in [7, 11) is -3.69. The van der Waals surface area contributed by atoms with Crippen molar-refractivity contribution in [2.45, 2.75) is 50.8 Å². The summed E-state index contributed by atoms with van der Waals surface area (Å²) in [5, 5.41) is 2.79. The zero-order valence-electron chi connectivity index (χ0n) is 20.4. The Kier molecular flexibility index (Phi) is 7.76. The van der Waals surface area contributed by atoms with Crippen LogP contribution in [-0.4, -0.2) is 57.4 Å². The van der Waals surface area contributed by atoms with Crippen molar-refractivity contribution in [1.82, 2.24) is 4.31 Å². The number of sulfonamides is 1. The minimum atomic E-state index is -3.69. The molecule has 2 heterocycles. The molecule has 0 unspecified atom stereocenters. The Morgan fingerprint density at radius 3 is 2.26 bits per heavy atom. The third-order valence-corrected chi connectivity index (χ3v) is 8.69. The van der Waals surface area contributed by atoms with Gasteiger partial charge in [-0.2, -0.15) is 4.31 Å². The van der Waals surface area contributed by atoms with E-state index in [2.05, 4.69) is 10.2 Å². The lowest BCUT2D eigenvalue weighted by Crippen LogP contribution is -2.36. The molecule has 0 spiro atoms. The summed E-state index contributed by atoms with van der Waals surface area (Å²) >= 11 is 0. The van der Waals surface area contributed by atoms with Crippen molar-refractivity contribution in [3.8, 4) is 0 Å². The van der Waals surface area contributed by atoms with Gasteiger partial charge in [-0.1, -0.05) is 12.5 Å². The van der Waals surface area contributed by atoms with E-state index in [0.717, 1.165) is 43.6 Å². The van der Waals surface area contributed by atoms with Gasteiger partial charge in [0.2, 0.25) is 10.0 Å². The largest absolute Gasteiger partial charge is 0.452 e. The standard InChI is InChI=1S/C26H33N3O5S/c1-19-8-9-21(17-24(19)35(32,33)29-14-4-3-5-15-29)26(31)34-18-25(30)27-23-11-10-22(16-20(23)2)28-12-6-7-13-28/h8-11,16-17H,3-7,12-15,18H2,1-2H3,(H,27,30). The van der Waals surface area contributed by atoms with E-state index in [1.54, 1.807) is 13.0 Å². The number of piperidine rings is 1. The molecule has 2 aromatic carbocycles. The Morgan fingerprint density at radius 1 is 0.886 bits per heavy atom. The van der Waals surface area contributed by atoms with E-state index in [1.165, 1.54) is 29.3 Å². The van der Waals surface area contributed by atoms with E-state index >= 15 is 0 Å². The van der Waals surface area contributed by atoms with Gasteiger partial charge in [-0.3, -0.25) is 4.79 Å². The van der Waals surface area contributed by atoms with Crippen LogP contribution in [0.25, 0.3) is 0 Å². The molecule has 2 saturated heterocycles. The van der Waals surface area contributed by atoms with E-state index in [-0.39, 0.29) is 10.5 Å². The molecule has 0 saturated carbocycles. The highest BCUT2D eigenvalue weighted by atomic mass is 32.2. The second-order valence-electron chi connectivity index (χ2n) is 9.26. The maximum absolute atomic E-state index is 13.1. The lowest BCUT2D eigenvalue weighted by Gasteiger charge is -2.26.